The van der Waals surface area contributed by atoms with Crippen LogP contribution < -0.4 is 15.5 Å². The van der Waals surface area contributed by atoms with Gasteiger partial charge in [-0.05, 0) is 81.9 Å². The maximum atomic E-state index is 12.6. The fourth-order valence-corrected chi connectivity index (χ4v) is 4.47. The van der Waals surface area contributed by atoms with E-state index in [4.69, 9.17) is 0 Å². The fraction of sp³-hybridized carbons (Fsp3) is 0.440. The van der Waals surface area contributed by atoms with E-state index in [9.17, 15) is 9.59 Å². The first-order valence-corrected chi connectivity index (χ1v) is 11.2. The lowest BCUT2D eigenvalue weighted by molar-refractivity contribution is 0.0936. The molecule has 4 rings (SSSR count). The SMILES string of the molecule is CN(C)C1CCN(c2ccc(NC(=O)c3ccc(C(=O)NC4CCCC4)cc3)cc2)C1. The highest BCUT2D eigenvalue weighted by molar-refractivity contribution is 6.05. The van der Waals surface area contributed by atoms with E-state index < -0.39 is 0 Å². The molecule has 1 saturated heterocycles. The van der Waals surface area contributed by atoms with Gasteiger partial charge in [0.2, 0.25) is 0 Å². The topological polar surface area (TPSA) is 64.7 Å². The van der Waals surface area contributed by atoms with Crippen molar-refractivity contribution in [3.63, 3.8) is 0 Å². The standard InChI is InChI=1S/C25H32N4O2/c1-28(2)23-15-16-29(17-23)22-13-11-21(12-14-22)27-25(31)19-9-7-18(8-10-19)24(30)26-20-5-3-4-6-20/h7-14,20,23H,3-6,15-17H2,1-2H3,(H,26,30)(H,27,31). The van der Waals surface area contributed by atoms with Crippen molar-refractivity contribution in [2.24, 2.45) is 0 Å². The number of carbonyl (C=O) groups excluding carboxylic acids is 2. The lowest BCUT2D eigenvalue weighted by Crippen LogP contribution is -2.32. The molecule has 164 valence electrons. The van der Waals surface area contributed by atoms with Crippen LogP contribution in [0.3, 0.4) is 0 Å². The minimum atomic E-state index is -0.177. The summed E-state index contributed by atoms with van der Waals surface area (Å²) in [4.78, 5) is 29.6. The molecule has 2 amide bonds. The summed E-state index contributed by atoms with van der Waals surface area (Å²) in [5, 5.41) is 6.02. The summed E-state index contributed by atoms with van der Waals surface area (Å²) in [6.45, 7) is 2.08. The number of likely N-dealkylation sites (N-methyl/N-ethyl adjacent to an activating group) is 1. The molecule has 31 heavy (non-hydrogen) atoms. The highest BCUT2D eigenvalue weighted by Gasteiger charge is 2.24. The Kier molecular flexibility index (Phi) is 6.56. The van der Waals surface area contributed by atoms with Gasteiger partial charge in [0.1, 0.15) is 0 Å². The zero-order valence-electron chi connectivity index (χ0n) is 18.4. The molecule has 0 aromatic heterocycles. The zero-order valence-corrected chi connectivity index (χ0v) is 18.4. The number of nitrogens with zero attached hydrogens (tertiary/aromatic N) is 2. The Hall–Kier alpha value is -2.86. The van der Waals surface area contributed by atoms with Crippen LogP contribution in [-0.4, -0.2) is 56.0 Å². The maximum absolute atomic E-state index is 12.6. The molecule has 2 N–H and O–H groups in total. The Morgan fingerprint density at radius 2 is 1.48 bits per heavy atom. The Morgan fingerprint density at radius 1 is 0.871 bits per heavy atom. The largest absolute Gasteiger partial charge is 0.370 e. The number of rotatable bonds is 6. The summed E-state index contributed by atoms with van der Waals surface area (Å²) < 4.78 is 0. The van der Waals surface area contributed by atoms with Crippen LogP contribution in [-0.2, 0) is 0 Å². The third kappa shape index (κ3) is 5.25. The number of anilines is 2. The molecule has 0 spiro atoms. The first-order valence-electron chi connectivity index (χ1n) is 11.2. The van der Waals surface area contributed by atoms with Crippen molar-refractivity contribution in [1.29, 1.82) is 0 Å². The Labute approximate surface area is 184 Å². The van der Waals surface area contributed by atoms with E-state index in [1.807, 2.05) is 12.1 Å². The van der Waals surface area contributed by atoms with Gasteiger partial charge in [-0.3, -0.25) is 9.59 Å². The molecule has 2 aromatic carbocycles. The summed E-state index contributed by atoms with van der Waals surface area (Å²) in [5.74, 6) is -0.239. The first kappa shape index (κ1) is 21.4. The molecule has 2 aliphatic rings. The predicted molar refractivity (Wildman–Crippen MR) is 125 cm³/mol. The summed E-state index contributed by atoms with van der Waals surface area (Å²) >= 11 is 0. The third-order valence-electron chi connectivity index (χ3n) is 6.48. The molecule has 1 atom stereocenters. The summed E-state index contributed by atoms with van der Waals surface area (Å²) in [7, 11) is 4.25. The van der Waals surface area contributed by atoms with Gasteiger partial charge < -0.3 is 20.4 Å². The highest BCUT2D eigenvalue weighted by atomic mass is 16.2. The van der Waals surface area contributed by atoms with E-state index in [1.165, 1.54) is 24.9 Å². The molecule has 6 nitrogen and oxygen atoms in total. The minimum Gasteiger partial charge on any atom is -0.370 e. The molecule has 0 bridgehead atoms. The maximum Gasteiger partial charge on any atom is 0.255 e. The first-order chi connectivity index (χ1) is 15.0. The van der Waals surface area contributed by atoms with Gasteiger partial charge >= 0.3 is 0 Å². The normalized spacial score (nSPS) is 19.1. The van der Waals surface area contributed by atoms with Crippen LogP contribution in [0.15, 0.2) is 48.5 Å². The molecule has 1 heterocycles. The van der Waals surface area contributed by atoms with Crippen molar-refractivity contribution in [2.75, 3.05) is 37.4 Å². The quantitative estimate of drug-likeness (QED) is 0.747. The monoisotopic (exact) mass is 420 g/mol. The number of nitrogens with one attached hydrogen (secondary N) is 2. The number of hydrogen-bond acceptors (Lipinski definition) is 4. The van der Waals surface area contributed by atoms with Gasteiger partial charge in [0.25, 0.3) is 11.8 Å². The number of amides is 2. The van der Waals surface area contributed by atoms with Crippen LogP contribution >= 0.6 is 0 Å². The average Bonchev–Trinajstić information content (AvgIpc) is 3.47. The van der Waals surface area contributed by atoms with Crippen molar-refractivity contribution in [3.05, 3.63) is 59.7 Å². The van der Waals surface area contributed by atoms with Gasteiger partial charge in [-0.1, -0.05) is 12.8 Å². The Balaban J connectivity index is 1.32. The van der Waals surface area contributed by atoms with E-state index in [-0.39, 0.29) is 17.9 Å². The lowest BCUT2D eigenvalue weighted by Gasteiger charge is -2.22. The van der Waals surface area contributed by atoms with Gasteiger partial charge in [0, 0.05) is 47.7 Å². The molecule has 1 aliphatic carbocycles. The minimum absolute atomic E-state index is 0.0622. The van der Waals surface area contributed by atoms with Crippen molar-refractivity contribution in [1.82, 2.24) is 10.2 Å². The molecule has 1 aliphatic heterocycles. The van der Waals surface area contributed by atoms with Crippen molar-refractivity contribution >= 4 is 23.2 Å². The molecule has 0 radical (unpaired) electrons. The second-order valence-electron chi connectivity index (χ2n) is 8.89. The van der Waals surface area contributed by atoms with Crippen LogP contribution in [0.4, 0.5) is 11.4 Å². The van der Waals surface area contributed by atoms with E-state index in [0.29, 0.717) is 17.2 Å². The van der Waals surface area contributed by atoms with Crippen molar-refractivity contribution in [2.45, 2.75) is 44.2 Å². The van der Waals surface area contributed by atoms with E-state index >= 15 is 0 Å². The molecule has 2 aromatic rings. The van der Waals surface area contributed by atoms with E-state index in [2.05, 4.69) is 46.7 Å². The molecular weight excluding hydrogens is 388 g/mol. The second-order valence-corrected chi connectivity index (χ2v) is 8.89. The van der Waals surface area contributed by atoms with Gasteiger partial charge in [0.05, 0.1) is 0 Å². The van der Waals surface area contributed by atoms with Gasteiger partial charge in [-0.25, -0.2) is 0 Å². The van der Waals surface area contributed by atoms with Crippen molar-refractivity contribution < 1.29 is 9.59 Å². The van der Waals surface area contributed by atoms with Gasteiger partial charge in [-0.15, -0.1) is 0 Å². The second kappa shape index (κ2) is 9.52. The van der Waals surface area contributed by atoms with Crippen molar-refractivity contribution in [3.8, 4) is 0 Å². The number of hydrogen-bond donors (Lipinski definition) is 2. The molecule has 2 fully saturated rings. The van der Waals surface area contributed by atoms with Crippen LogP contribution in [0.25, 0.3) is 0 Å². The number of benzene rings is 2. The van der Waals surface area contributed by atoms with Crippen LogP contribution in [0, 0.1) is 0 Å². The smallest absolute Gasteiger partial charge is 0.255 e. The fourth-order valence-electron chi connectivity index (χ4n) is 4.47. The Bertz CT molecular complexity index is 902. The third-order valence-corrected chi connectivity index (χ3v) is 6.48. The molecule has 1 unspecified atom stereocenters. The Morgan fingerprint density at radius 3 is 2.06 bits per heavy atom. The van der Waals surface area contributed by atoms with Gasteiger partial charge in [-0.2, -0.15) is 0 Å². The van der Waals surface area contributed by atoms with Gasteiger partial charge in [0.15, 0.2) is 0 Å². The van der Waals surface area contributed by atoms with Crippen LogP contribution in [0.1, 0.15) is 52.8 Å². The lowest BCUT2D eigenvalue weighted by atomic mass is 10.1. The molecule has 6 heteroatoms. The van der Waals surface area contributed by atoms with E-state index in [1.54, 1.807) is 24.3 Å². The van der Waals surface area contributed by atoms with Crippen LogP contribution in [0.5, 0.6) is 0 Å². The van der Waals surface area contributed by atoms with E-state index in [0.717, 1.165) is 31.6 Å². The highest BCUT2D eigenvalue weighted by Crippen LogP contribution is 2.24. The summed E-state index contributed by atoms with van der Waals surface area (Å²) in [6, 6.07) is 15.7. The molecule has 1 saturated carbocycles. The predicted octanol–water partition coefficient (Wildman–Crippen LogP) is 3.75. The summed E-state index contributed by atoms with van der Waals surface area (Å²) in [5.41, 5.74) is 3.07. The zero-order chi connectivity index (χ0) is 21.8. The average molecular weight is 421 g/mol. The molecular formula is C25H32N4O2. The summed E-state index contributed by atoms with van der Waals surface area (Å²) in [6.07, 6.45) is 5.64. The van der Waals surface area contributed by atoms with Crippen LogP contribution in [0.2, 0.25) is 0 Å². The number of carbonyl (C=O) groups is 2.